The number of hydrogen-bond acceptors (Lipinski definition) is 5. The Bertz CT molecular complexity index is 1320. The molecule has 2 heterocycles. The Morgan fingerprint density at radius 2 is 1.81 bits per heavy atom. The van der Waals surface area contributed by atoms with Crippen LogP contribution in [0.15, 0.2) is 66.9 Å². The second kappa shape index (κ2) is 10.9. The molecule has 0 bridgehead atoms. The normalized spacial score (nSPS) is 11.7. The molecule has 4 aromatic rings. The average molecular weight is 486 g/mol. The lowest BCUT2D eigenvalue weighted by Gasteiger charge is -2.21. The molecule has 0 aliphatic carbocycles. The summed E-state index contributed by atoms with van der Waals surface area (Å²) in [7, 11) is 0. The van der Waals surface area contributed by atoms with Gasteiger partial charge in [0.05, 0.1) is 16.6 Å². The molecule has 0 saturated carbocycles. The molecule has 0 fully saturated rings. The number of pyridine rings is 1. The van der Waals surface area contributed by atoms with Gasteiger partial charge < -0.3 is 19.9 Å². The second-order valence-electron chi connectivity index (χ2n) is 10.3. The number of carbonyl (C=O) groups excluding carboxylic acids is 1. The summed E-state index contributed by atoms with van der Waals surface area (Å²) >= 11 is 0. The Labute approximate surface area is 212 Å². The zero-order valence-corrected chi connectivity index (χ0v) is 21.7. The van der Waals surface area contributed by atoms with Crippen LogP contribution >= 0.6 is 0 Å². The molecular formula is C29H35N5O2. The third-order valence-electron chi connectivity index (χ3n) is 5.62. The first-order chi connectivity index (χ1) is 17.2. The van der Waals surface area contributed by atoms with Gasteiger partial charge >= 0.3 is 0 Å². The van der Waals surface area contributed by atoms with Crippen molar-refractivity contribution in [3.8, 4) is 17.1 Å². The second-order valence-corrected chi connectivity index (χ2v) is 10.3. The van der Waals surface area contributed by atoms with Crippen molar-refractivity contribution >= 4 is 22.8 Å². The van der Waals surface area contributed by atoms with E-state index >= 15 is 0 Å². The van der Waals surface area contributed by atoms with Crippen molar-refractivity contribution in [2.24, 2.45) is 5.92 Å². The number of carbonyl (C=O) groups is 1. The standard InChI is InChI=1S/C29H35N5O2/c1-20(2)19-34-23-13-10-12-22(28(35)32-25-15-8-9-16-30-25)26(23)33-27(34)21-11-6-7-14-24(21)36-18-17-31-29(3,4)5/h6-16,20,31H,17-19H2,1-5H3,(H,30,32,35). The summed E-state index contributed by atoms with van der Waals surface area (Å²) in [5.74, 6) is 2.21. The summed E-state index contributed by atoms with van der Waals surface area (Å²) < 4.78 is 8.38. The molecule has 4 rings (SSSR count). The molecule has 0 aliphatic rings. The van der Waals surface area contributed by atoms with Crippen molar-refractivity contribution in [1.29, 1.82) is 0 Å². The molecule has 0 saturated heterocycles. The van der Waals surface area contributed by atoms with Gasteiger partial charge in [-0.05, 0) is 63.1 Å². The van der Waals surface area contributed by atoms with Crippen LogP contribution in [0.25, 0.3) is 22.4 Å². The smallest absolute Gasteiger partial charge is 0.259 e. The zero-order valence-electron chi connectivity index (χ0n) is 21.7. The maximum atomic E-state index is 13.2. The molecule has 0 unspecified atom stereocenters. The molecular weight excluding hydrogens is 450 g/mol. The van der Waals surface area contributed by atoms with Crippen molar-refractivity contribution in [2.75, 3.05) is 18.5 Å². The first-order valence-electron chi connectivity index (χ1n) is 12.4. The average Bonchev–Trinajstić information content (AvgIpc) is 3.19. The molecule has 1 amide bonds. The third-order valence-corrected chi connectivity index (χ3v) is 5.62. The lowest BCUT2D eigenvalue weighted by molar-refractivity contribution is 0.102. The van der Waals surface area contributed by atoms with Crippen molar-refractivity contribution in [2.45, 2.75) is 46.7 Å². The highest BCUT2D eigenvalue weighted by Gasteiger charge is 2.21. The number of aromatic nitrogens is 3. The first kappa shape index (κ1) is 25.4. The van der Waals surface area contributed by atoms with E-state index in [0.717, 1.165) is 35.7 Å². The Morgan fingerprint density at radius 3 is 2.53 bits per heavy atom. The summed E-state index contributed by atoms with van der Waals surface area (Å²) in [4.78, 5) is 22.4. The van der Waals surface area contributed by atoms with E-state index in [1.807, 2.05) is 48.5 Å². The molecule has 36 heavy (non-hydrogen) atoms. The van der Waals surface area contributed by atoms with Crippen LogP contribution in [-0.4, -0.2) is 39.1 Å². The van der Waals surface area contributed by atoms with E-state index < -0.39 is 0 Å². The lowest BCUT2D eigenvalue weighted by Crippen LogP contribution is -2.38. The largest absolute Gasteiger partial charge is 0.491 e. The van der Waals surface area contributed by atoms with Gasteiger partial charge in [-0.25, -0.2) is 9.97 Å². The summed E-state index contributed by atoms with van der Waals surface area (Å²) in [5.41, 5.74) is 3.01. The summed E-state index contributed by atoms with van der Waals surface area (Å²) in [6.07, 6.45) is 1.65. The van der Waals surface area contributed by atoms with Crippen LogP contribution in [0, 0.1) is 5.92 Å². The SMILES string of the molecule is CC(C)Cn1c(-c2ccccc2OCCNC(C)(C)C)nc2c(C(=O)Nc3ccccn3)cccc21. The van der Waals surface area contributed by atoms with E-state index in [1.54, 1.807) is 18.3 Å². The maximum Gasteiger partial charge on any atom is 0.259 e. The van der Waals surface area contributed by atoms with Crippen LogP contribution < -0.4 is 15.4 Å². The Kier molecular flexibility index (Phi) is 7.70. The highest BCUT2D eigenvalue weighted by molar-refractivity contribution is 6.11. The monoisotopic (exact) mass is 485 g/mol. The van der Waals surface area contributed by atoms with E-state index in [-0.39, 0.29) is 11.4 Å². The maximum absolute atomic E-state index is 13.2. The van der Waals surface area contributed by atoms with Crippen LogP contribution in [0.1, 0.15) is 45.0 Å². The molecule has 2 aromatic carbocycles. The molecule has 2 aromatic heterocycles. The van der Waals surface area contributed by atoms with E-state index in [9.17, 15) is 4.79 Å². The van der Waals surface area contributed by atoms with Crippen LogP contribution in [0.5, 0.6) is 5.75 Å². The van der Waals surface area contributed by atoms with Gasteiger partial charge in [0.1, 0.15) is 29.5 Å². The van der Waals surface area contributed by atoms with Gasteiger partial charge in [-0.3, -0.25) is 4.79 Å². The number of ether oxygens (including phenoxy) is 1. The van der Waals surface area contributed by atoms with Crippen LogP contribution in [0.3, 0.4) is 0 Å². The molecule has 0 spiro atoms. The minimum absolute atomic E-state index is 0.0281. The van der Waals surface area contributed by atoms with Crippen molar-refractivity contribution < 1.29 is 9.53 Å². The van der Waals surface area contributed by atoms with Gasteiger partial charge in [-0.15, -0.1) is 0 Å². The number of rotatable bonds is 9. The number of benzene rings is 2. The molecule has 188 valence electrons. The van der Waals surface area contributed by atoms with Gasteiger partial charge in [-0.1, -0.05) is 38.1 Å². The summed E-state index contributed by atoms with van der Waals surface area (Å²) in [6.45, 7) is 12.8. The van der Waals surface area contributed by atoms with Gasteiger partial charge in [0, 0.05) is 24.8 Å². The van der Waals surface area contributed by atoms with Gasteiger partial charge in [-0.2, -0.15) is 0 Å². The minimum atomic E-state index is -0.238. The van der Waals surface area contributed by atoms with Crippen molar-refractivity contribution in [1.82, 2.24) is 19.9 Å². The zero-order chi connectivity index (χ0) is 25.7. The van der Waals surface area contributed by atoms with Crippen molar-refractivity contribution in [3.05, 3.63) is 72.4 Å². The number of amides is 1. The molecule has 0 aliphatic heterocycles. The quantitative estimate of drug-likeness (QED) is 0.294. The predicted octanol–water partition coefficient (Wildman–Crippen LogP) is 5.77. The highest BCUT2D eigenvalue weighted by atomic mass is 16.5. The summed E-state index contributed by atoms with van der Waals surface area (Å²) in [6, 6.07) is 19.1. The fourth-order valence-electron chi connectivity index (χ4n) is 4.07. The van der Waals surface area contributed by atoms with Crippen molar-refractivity contribution in [3.63, 3.8) is 0 Å². The first-order valence-corrected chi connectivity index (χ1v) is 12.4. The fourth-order valence-corrected chi connectivity index (χ4v) is 4.07. The summed E-state index contributed by atoms with van der Waals surface area (Å²) in [5, 5.41) is 6.34. The number of para-hydroxylation sites is 2. The van der Waals surface area contributed by atoms with Gasteiger partial charge in [0.25, 0.3) is 5.91 Å². The lowest BCUT2D eigenvalue weighted by atomic mass is 10.1. The number of imidazole rings is 1. The van der Waals surface area contributed by atoms with E-state index in [2.05, 4.69) is 54.8 Å². The van der Waals surface area contributed by atoms with E-state index in [0.29, 0.717) is 29.4 Å². The molecule has 0 radical (unpaired) electrons. The predicted molar refractivity (Wildman–Crippen MR) is 145 cm³/mol. The topological polar surface area (TPSA) is 81.1 Å². The number of fused-ring (bicyclic) bond motifs is 1. The van der Waals surface area contributed by atoms with Crippen LogP contribution in [0.4, 0.5) is 5.82 Å². The molecule has 7 heteroatoms. The van der Waals surface area contributed by atoms with E-state index in [1.165, 1.54) is 0 Å². The van der Waals surface area contributed by atoms with Crippen LogP contribution in [-0.2, 0) is 6.54 Å². The van der Waals surface area contributed by atoms with E-state index in [4.69, 9.17) is 9.72 Å². The Balaban J connectivity index is 1.73. The molecule has 2 N–H and O–H groups in total. The van der Waals surface area contributed by atoms with Crippen LogP contribution in [0.2, 0.25) is 0 Å². The number of nitrogens with one attached hydrogen (secondary N) is 2. The molecule has 7 nitrogen and oxygen atoms in total. The number of hydrogen-bond donors (Lipinski definition) is 2. The highest BCUT2D eigenvalue weighted by Crippen LogP contribution is 2.33. The van der Waals surface area contributed by atoms with Gasteiger partial charge in [0.15, 0.2) is 0 Å². The minimum Gasteiger partial charge on any atom is -0.491 e. The Morgan fingerprint density at radius 1 is 1.03 bits per heavy atom. The fraction of sp³-hybridized carbons (Fsp3) is 0.345. The number of anilines is 1. The van der Waals surface area contributed by atoms with Gasteiger partial charge in [0.2, 0.25) is 0 Å². The molecule has 0 atom stereocenters. The third kappa shape index (κ3) is 6.10. The Hall–Kier alpha value is -3.71. The number of nitrogens with zero attached hydrogens (tertiary/aromatic N) is 3.